The summed E-state index contributed by atoms with van der Waals surface area (Å²) in [5, 5.41) is 0. The SMILES string of the molecule is COc1nc(N)nc(N)c1N. The maximum absolute atomic E-state index is 5.43. The molecule has 0 aromatic carbocycles. The highest BCUT2D eigenvalue weighted by atomic mass is 16.5. The molecule has 0 aliphatic heterocycles. The van der Waals surface area contributed by atoms with Crippen molar-refractivity contribution in [2.45, 2.75) is 0 Å². The van der Waals surface area contributed by atoms with E-state index >= 15 is 0 Å². The Labute approximate surface area is 63.4 Å². The fourth-order valence-electron chi connectivity index (χ4n) is 0.638. The number of hydrogen-bond donors (Lipinski definition) is 3. The summed E-state index contributed by atoms with van der Waals surface area (Å²) in [7, 11) is 1.43. The summed E-state index contributed by atoms with van der Waals surface area (Å²) in [6.07, 6.45) is 0. The first kappa shape index (κ1) is 7.39. The van der Waals surface area contributed by atoms with E-state index in [-0.39, 0.29) is 23.3 Å². The molecule has 0 radical (unpaired) electrons. The predicted octanol–water partition coefficient (Wildman–Crippen LogP) is -0.768. The minimum atomic E-state index is 0.0496. The number of nitrogen functional groups attached to an aromatic ring is 3. The monoisotopic (exact) mass is 155 g/mol. The number of hydrogen-bond acceptors (Lipinski definition) is 6. The van der Waals surface area contributed by atoms with Gasteiger partial charge in [-0.3, -0.25) is 0 Å². The van der Waals surface area contributed by atoms with Crippen molar-refractivity contribution >= 4 is 17.5 Å². The number of nitrogens with zero attached hydrogens (tertiary/aromatic N) is 2. The van der Waals surface area contributed by atoms with Crippen molar-refractivity contribution in [3.8, 4) is 5.88 Å². The van der Waals surface area contributed by atoms with E-state index in [1.807, 2.05) is 0 Å². The lowest BCUT2D eigenvalue weighted by molar-refractivity contribution is 0.400. The van der Waals surface area contributed by atoms with Crippen LogP contribution in [0.4, 0.5) is 17.5 Å². The van der Waals surface area contributed by atoms with Gasteiger partial charge in [-0.1, -0.05) is 0 Å². The molecule has 6 heteroatoms. The van der Waals surface area contributed by atoms with Crippen LogP contribution in [0.25, 0.3) is 0 Å². The van der Waals surface area contributed by atoms with Crippen molar-refractivity contribution in [2.75, 3.05) is 24.3 Å². The maximum atomic E-state index is 5.43. The van der Waals surface area contributed by atoms with Crippen LogP contribution >= 0.6 is 0 Å². The molecule has 0 atom stereocenters. The largest absolute Gasteiger partial charge is 0.479 e. The number of aromatic nitrogens is 2. The predicted molar refractivity (Wildman–Crippen MR) is 41.8 cm³/mol. The fourth-order valence-corrected chi connectivity index (χ4v) is 0.638. The molecule has 0 amide bonds. The van der Waals surface area contributed by atoms with Crippen LogP contribution in [0.3, 0.4) is 0 Å². The van der Waals surface area contributed by atoms with E-state index in [9.17, 15) is 0 Å². The van der Waals surface area contributed by atoms with Gasteiger partial charge in [-0.15, -0.1) is 0 Å². The molecule has 60 valence electrons. The highest BCUT2D eigenvalue weighted by molar-refractivity contribution is 5.65. The fraction of sp³-hybridized carbons (Fsp3) is 0.200. The topological polar surface area (TPSA) is 113 Å². The molecule has 0 unspecified atom stereocenters. The molecule has 0 bridgehead atoms. The molecule has 1 heterocycles. The molecular weight excluding hydrogens is 146 g/mol. The molecule has 0 aliphatic rings. The zero-order valence-corrected chi connectivity index (χ0v) is 6.03. The van der Waals surface area contributed by atoms with E-state index in [4.69, 9.17) is 21.9 Å². The van der Waals surface area contributed by atoms with Crippen molar-refractivity contribution < 1.29 is 4.74 Å². The van der Waals surface area contributed by atoms with Gasteiger partial charge in [-0.05, 0) is 0 Å². The molecule has 0 saturated carbocycles. The van der Waals surface area contributed by atoms with Crippen LogP contribution < -0.4 is 21.9 Å². The molecule has 0 spiro atoms. The normalized spacial score (nSPS) is 9.55. The minimum Gasteiger partial charge on any atom is -0.479 e. The van der Waals surface area contributed by atoms with Crippen LogP contribution in [-0.4, -0.2) is 17.1 Å². The summed E-state index contributed by atoms with van der Waals surface area (Å²) in [5.74, 6) is 0.387. The highest BCUT2D eigenvalue weighted by Gasteiger charge is 2.06. The quantitative estimate of drug-likeness (QED) is 0.490. The summed E-state index contributed by atoms with van der Waals surface area (Å²) in [5.41, 5.74) is 16.3. The van der Waals surface area contributed by atoms with Gasteiger partial charge in [0, 0.05) is 0 Å². The van der Waals surface area contributed by atoms with Crippen LogP contribution in [0.1, 0.15) is 0 Å². The Bertz CT molecular complexity index is 274. The molecule has 0 aliphatic carbocycles. The van der Waals surface area contributed by atoms with Gasteiger partial charge in [0.15, 0.2) is 5.82 Å². The Morgan fingerprint density at radius 2 is 1.82 bits per heavy atom. The van der Waals surface area contributed by atoms with Gasteiger partial charge in [0.1, 0.15) is 5.69 Å². The smallest absolute Gasteiger partial charge is 0.244 e. The van der Waals surface area contributed by atoms with Crippen molar-refractivity contribution in [1.82, 2.24) is 9.97 Å². The lowest BCUT2D eigenvalue weighted by atomic mass is 10.5. The van der Waals surface area contributed by atoms with Crippen molar-refractivity contribution in [3.63, 3.8) is 0 Å². The van der Waals surface area contributed by atoms with Crippen molar-refractivity contribution in [2.24, 2.45) is 0 Å². The van der Waals surface area contributed by atoms with E-state index < -0.39 is 0 Å². The first-order chi connectivity index (χ1) is 5.15. The Morgan fingerprint density at radius 3 is 2.36 bits per heavy atom. The van der Waals surface area contributed by atoms with Crippen LogP contribution in [0.2, 0.25) is 0 Å². The van der Waals surface area contributed by atoms with Crippen molar-refractivity contribution in [3.05, 3.63) is 0 Å². The zero-order valence-electron chi connectivity index (χ0n) is 6.03. The lowest BCUT2D eigenvalue weighted by Crippen LogP contribution is -2.06. The van der Waals surface area contributed by atoms with Crippen LogP contribution in [0.15, 0.2) is 0 Å². The molecule has 1 rings (SSSR count). The number of ether oxygens (including phenoxy) is 1. The minimum absolute atomic E-state index is 0.0496. The second kappa shape index (κ2) is 2.49. The average molecular weight is 155 g/mol. The molecule has 0 saturated heterocycles. The Morgan fingerprint density at radius 1 is 1.18 bits per heavy atom. The van der Waals surface area contributed by atoms with Crippen LogP contribution in [-0.2, 0) is 0 Å². The van der Waals surface area contributed by atoms with Crippen LogP contribution in [0, 0.1) is 0 Å². The van der Waals surface area contributed by atoms with Crippen molar-refractivity contribution in [1.29, 1.82) is 0 Å². The Hall–Kier alpha value is -1.72. The van der Waals surface area contributed by atoms with E-state index in [2.05, 4.69) is 9.97 Å². The number of nitrogens with two attached hydrogens (primary N) is 3. The summed E-state index contributed by atoms with van der Waals surface area (Å²) in [6, 6.07) is 0. The summed E-state index contributed by atoms with van der Waals surface area (Å²) in [6.45, 7) is 0. The van der Waals surface area contributed by atoms with Gasteiger partial charge in [0.2, 0.25) is 11.8 Å². The molecule has 0 fully saturated rings. The van der Waals surface area contributed by atoms with Gasteiger partial charge >= 0.3 is 0 Å². The summed E-state index contributed by atoms with van der Waals surface area (Å²) < 4.78 is 4.77. The summed E-state index contributed by atoms with van der Waals surface area (Å²) >= 11 is 0. The van der Waals surface area contributed by atoms with Gasteiger partial charge in [0.05, 0.1) is 7.11 Å². The molecular formula is C5H9N5O. The first-order valence-electron chi connectivity index (χ1n) is 2.87. The second-order valence-corrected chi connectivity index (χ2v) is 1.89. The Kier molecular flexibility index (Phi) is 1.67. The second-order valence-electron chi connectivity index (χ2n) is 1.89. The van der Waals surface area contributed by atoms with Gasteiger partial charge in [0.25, 0.3) is 0 Å². The maximum Gasteiger partial charge on any atom is 0.244 e. The third kappa shape index (κ3) is 1.23. The third-order valence-corrected chi connectivity index (χ3v) is 1.15. The summed E-state index contributed by atoms with van der Waals surface area (Å²) in [4.78, 5) is 7.31. The van der Waals surface area contributed by atoms with Gasteiger partial charge in [-0.25, -0.2) is 0 Å². The average Bonchev–Trinajstić information content (AvgIpc) is 1.96. The molecule has 11 heavy (non-hydrogen) atoms. The van der Waals surface area contributed by atoms with E-state index in [0.717, 1.165) is 0 Å². The first-order valence-corrected chi connectivity index (χ1v) is 2.87. The Balaban J connectivity index is 3.24. The van der Waals surface area contributed by atoms with E-state index in [1.54, 1.807) is 0 Å². The third-order valence-electron chi connectivity index (χ3n) is 1.15. The molecule has 6 N–H and O–H groups in total. The van der Waals surface area contributed by atoms with E-state index in [1.165, 1.54) is 7.11 Å². The molecule has 1 aromatic heterocycles. The van der Waals surface area contributed by atoms with E-state index in [0.29, 0.717) is 0 Å². The number of methoxy groups -OCH3 is 1. The molecule has 1 aromatic rings. The molecule has 6 nitrogen and oxygen atoms in total. The lowest BCUT2D eigenvalue weighted by Gasteiger charge is -2.04. The standard InChI is InChI=1S/C5H9N5O/c1-11-4-2(6)3(7)9-5(8)10-4/h6H2,1H3,(H4,7,8,9,10). The van der Waals surface area contributed by atoms with Gasteiger partial charge in [-0.2, -0.15) is 9.97 Å². The van der Waals surface area contributed by atoms with Crippen LogP contribution in [0.5, 0.6) is 5.88 Å². The highest BCUT2D eigenvalue weighted by Crippen LogP contribution is 2.23. The number of anilines is 3. The zero-order chi connectivity index (χ0) is 8.43. The van der Waals surface area contributed by atoms with Gasteiger partial charge < -0.3 is 21.9 Å². The number of rotatable bonds is 1.